The third-order valence-corrected chi connectivity index (χ3v) is 4.96. The number of ketones is 1. The van der Waals surface area contributed by atoms with E-state index in [0.717, 1.165) is 5.56 Å². The van der Waals surface area contributed by atoms with Crippen molar-refractivity contribution in [3.63, 3.8) is 0 Å². The molecule has 0 saturated carbocycles. The Labute approximate surface area is 158 Å². The van der Waals surface area contributed by atoms with Crippen LogP contribution in [0.25, 0.3) is 0 Å². The van der Waals surface area contributed by atoms with Crippen LogP contribution in [0.3, 0.4) is 0 Å². The number of rotatable bonds is 5. The molecule has 0 bridgehead atoms. The Morgan fingerprint density at radius 1 is 1.04 bits per heavy atom. The summed E-state index contributed by atoms with van der Waals surface area (Å²) in [6.45, 7) is 2.91. The van der Waals surface area contributed by atoms with Gasteiger partial charge in [-0.1, -0.05) is 41.9 Å². The lowest BCUT2D eigenvalue weighted by Gasteiger charge is -2.33. The largest absolute Gasteiger partial charge is 0.481 e. The number of hydrogen-bond donors (Lipinski definition) is 0. The van der Waals surface area contributed by atoms with Crippen molar-refractivity contribution in [3.05, 3.63) is 65.2 Å². The van der Waals surface area contributed by atoms with Crippen LogP contribution in [-0.4, -0.2) is 35.8 Å². The fourth-order valence-corrected chi connectivity index (χ4v) is 3.35. The molecule has 3 rings (SSSR count). The number of benzene rings is 2. The summed E-state index contributed by atoms with van der Waals surface area (Å²) in [4.78, 5) is 26.9. The van der Waals surface area contributed by atoms with Crippen LogP contribution in [-0.2, 0) is 4.79 Å². The molecular weight excluding hydrogens is 350 g/mol. The number of carbonyl (C=O) groups is 2. The summed E-state index contributed by atoms with van der Waals surface area (Å²) in [5.74, 6) is 0.715. The minimum Gasteiger partial charge on any atom is -0.481 e. The lowest BCUT2D eigenvalue weighted by atomic mass is 9.89. The van der Waals surface area contributed by atoms with Gasteiger partial charge in [0.15, 0.2) is 11.9 Å². The summed E-state index contributed by atoms with van der Waals surface area (Å²) in [7, 11) is 0. The Kier molecular flexibility index (Phi) is 5.94. The number of likely N-dealkylation sites (tertiary alicyclic amines) is 1. The van der Waals surface area contributed by atoms with E-state index in [4.69, 9.17) is 16.3 Å². The molecule has 2 aromatic rings. The fourth-order valence-electron chi connectivity index (χ4n) is 3.22. The first-order valence-electron chi connectivity index (χ1n) is 8.85. The smallest absolute Gasteiger partial charge is 0.263 e. The van der Waals surface area contributed by atoms with Crippen molar-refractivity contribution in [3.8, 4) is 5.75 Å². The third-order valence-electron chi connectivity index (χ3n) is 4.71. The van der Waals surface area contributed by atoms with Crippen molar-refractivity contribution in [2.45, 2.75) is 25.9 Å². The summed E-state index contributed by atoms with van der Waals surface area (Å²) >= 11 is 5.86. The predicted molar refractivity (Wildman–Crippen MR) is 102 cm³/mol. The Morgan fingerprint density at radius 2 is 1.65 bits per heavy atom. The molecule has 26 heavy (non-hydrogen) atoms. The van der Waals surface area contributed by atoms with Crippen LogP contribution in [0.15, 0.2) is 54.6 Å². The number of hydrogen-bond acceptors (Lipinski definition) is 3. The van der Waals surface area contributed by atoms with E-state index in [1.165, 1.54) is 0 Å². The Morgan fingerprint density at radius 3 is 2.27 bits per heavy atom. The lowest BCUT2D eigenvalue weighted by molar-refractivity contribution is -0.139. The topological polar surface area (TPSA) is 46.6 Å². The van der Waals surface area contributed by atoms with Crippen molar-refractivity contribution >= 4 is 23.3 Å². The Hall–Kier alpha value is -2.33. The molecule has 0 spiro atoms. The number of ether oxygens (including phenoxy) is 1. The van der Waals surface area contributed by atoms with Crippen LogP contribution in [0, 0.1) is 5.92 Å². The molecule has 1 heterocycles. The molecule has 1 fully saturated rings. The first-order valence-corrected chi connectivity index (χ1v) is 9.22. The van der Waals surface area contributed by atoms with E-state index in [0.29, 0.717) is 36.7 Å². The zero-order chi connectivity index (χ0) is 18.5. The van der Waals surface area contributed by atoms with E-state index in [9.17, 15) is 9.59 Å². The van der Waals surface area contributed by atoms with Crippen molar-refractivity contribution in [1.29, 1.82) is 0 Å². The molecule has 0 aromatic heterocycles. The highest BCUT2D eigenvalue weighted by atomic mass is 35.5. The average molecular weight is 372 g/mol. The first-order chi connectivity index (χ1) is 12.5. The van der Waals surface area contributed by atoms with E-state index >= 15 is 0 Å². The highest BCUT2D eigenvalue weighted by Crippen LogP contribution is 2.23. The van der Waals surface area contributed by atoms with Gasteiger partial charge < -0.3 is 9.64 Å². The van der Waals surface area contributed by atoms with Gasteiger partial charge in [0, 0.05) is 29.6 Å². The van der Waals surface area contributed by atoms with Crippen LogP contribution in [0.1, 0.15) is 30.1 Å². The van der Waals surface area contributed by atoms with E-state index in [1.807, 2.05) is 30.3 Å². The van der Waals surface area contributed by atoms with Gasteiger partial charge in [0.2, 0.25) is 0 Å². The SMILES string of the molecule is C[C@@H](Oc1ccc(Cl)cc1)C(=O)N1CCC(C(=O)c2ccccc2)CC1. The van der Waals surface area contributed by atoms with Crippen molar-refractivity contribution in [2.75, 3.05) is 13.1 Å². The molecule has 136 valence electrons. The maximum atomic E-state index is 12.6. The molecule has 1 aliphatic heterocycles. The number of amides is 1. The molecule has 1 saturated heterocycles. The summed E-state index contributed by atoms with van der Waals surface area (Å²) in [6.07, 6.45) is 0.804. The van der Waals surface area contributed by atoms with Gasteiger partial charge in [-0.25, -0.2) is 0 Å². The summed E-state index contributed by atoms with van der Waals surface area (Å²) in [5, 5.41) is 0.626. The third kappa shape index (κ3) is 4.44. The summed E-state index contributed by atoms with van der Waals surface area (Å²) < 4.78 is 5.71. The first kappa shape index (κ1) is 18.5. The van der Waals surface area contributed by atoms with Gasteiger partial charge in [0.05, 0.1) is 0 Å². The average Bonchev–Trinajstić information content (AvgIpc) is 2.69. The minimum atomic E-state index is -0.572. The number of halogens is 1. The molecule has 0 radical (unpaired) electrons. The summed E-state index contributed by atoms with van der Waals surface area (Å²) in [5.41, 5.74) is 0.747. The molecular formula is C21H22ClNO3. The lowest BCUT2D eigenvalue weighted by Crippen LogP contribution is -2.45. The zero-order valence-corrected chi connectivity index (χ0v) is 15.5. The second-order valence-corrected chi connectivity index (χ2v) is 6.98. The molecule has 0 N–H and O–H groups in total. The molecule has 0 unspecified atom stereocenters. The van der Waals surface area contributed by atoms with Gasteiger partial charge in [-0.15, -0.1) is 0 Å². The van der Waals surface area contributed by atoms with Crippen molar-refractivity contribution in [1.82, 2.24) is 4.90 Å². The number of carbonyl (C=O) groups excluding carboxylic acids is 2. The van der Waals surface area contributed by atoms with Gasteiger partial charge in [-0.3, -0.25) is 9.59 Å². The Balaban J connectivity index is 1.53. The maximum Gasteiger partial charge on any atom is 0.263 e. The van der Waals surface area contributed by atoms with Gasteiger partial charge in [0.1, 0.15) is 5.75 Å². The Bertz CT molecular complexity index is 753. The predicted octanol–water partition coefficient (Wildman–Crippen LogP) is 4.23. The van der Waals surface area contributed by atoms with E-state index in [2.05, 4.69) is 0 Å². The molecule has 0 aliphatic carbocycles. The van der Waals surface area contributed by atoms with Crippen LogP contribution in [0.2, 0.25) is 5.02 Å². The molecule has 1 amide bonds. The minimum absolute atomic E-state index is 0.0195. The zero-order valence-electron chi connectivity index (χ0n) is 14.7. The number of Topliss-reactive ketones (excluding diaryl/α,β-unsaturated/α-hetero) is 1. The van der Waals surface area contributed by atoms with Crippen LogP contribution < -0.4 is 4.74 Å². The quantitative estimate of drug-likeness (QED) is 0.739. The van der Waals surface area contributed by atoms with Gasteiger partial charge >= 0.3 is 0 Å². The number of piperidine rings is 1. The summed E-state index contributed by atoms with van der Waals surface area (Å²) in [6, 6.07) is 16.3. The van der Waals surface area contributed by atoms with Crippen LogP contribution in [0.5, 0.6) is 5.75 Å². The molecule has 1 aliphatic rings. The normalized spacial score (nSPS) is 16.2. The number of nitrogens with zero attached hydrogens (tertiary/aromatic N) is 1. The molecule has 1 atom stereocenters. The van der Waals surface area contributed by atoms with Gasteiger partial charge in [-0.2, -0.15) is 0 Å². The van der Waals surface area contributed by atoms with Gasteiger partial charge in [0.25, 0.3) is 5.91 Å². The highest BCUT2D eigenvalue weighted by molar-refractivity contribution is 6.30. The van der Waals surface area contributed by atoms with Crippen LogP contribution in [0.4, 0.5) is 0 Å². The highest BCUT2D eigenvalue weighted by Gasteiger charge is 2.30. The standard InChI is InChI=1S/C21H22ClNO3/c1-15(26-19-9-7-18(22)8-10-19)21(25)23-13-11-17(12-14-23)20(24)16-5-3-2-4-6-16/h2-10,15,17H,11-14H2,1H3/t15-/m1/s1. The van der Waals surface area contributed by atoms with Crippen molar-refractivity contribution in [2.24, 2.45) is 5.92 Å². The molecule has 2 aromatic carbocycles. The maximum absolute atomic E-state index is 12.6. The monoisotopic (exact) mass is 371 g/mol. The molecule has 4 nitrogen and oxygen atoms in total. The van der Waals surface area contributed by atoms with Gasteiger partial charge in [-0.05, 0) is 44.0 Å². The second kappa shape index (κ2) is 8.37. The second-order valence-electron chi connectivity index (χ2n) is 6.54. The van der Waals surface area contributed by atoms with Crippen LogP contribution >= 0.6 is 11.6 Å². The van der Waals surface area contributed by atoms with E-state index < -0.39 is 6.10 Å². The van der Waals surface area contributed by atoms with E-state index in [1.54, 1.807) is 36.1 Å². The molecule has 5 heteroatoms. The van der Waals surface area contributed by atoms with E-state index in [-0.39, 0.29) is 17.6 Å². The fraction of sp³-hybridized carbons (Fsp3) is 0.333. The van der Waals surface area contributed by atoms with Crippen molar-refractivity contribution < 1.29 is 14.3 Å².